The number of aliphatic hydroxyl groups excluding tert-OH is 1. The number of carbonyl (C=O) groups excluding carboxylic acids is 1. The second-order valence-electron chi connectivity index (χ2n) is 5.74. The zero-order chi connectivity index (χ0) is 18.7. The average molecular weight is 361 g/mol. The molecule has 0 aliphatic rings. The molecule has 1 atom stereocenters. The third-order valence-corrected chi connectivity index (χ3v) is 3.98. The van der Waals surface area contributed by atoms with E-state index in [-0.39, 0.29) is 24.5 Å². The Labute approximate surface area is 148 Å². The van der Waals surface area contributed by atoms with E-state index in [0.29, 0.717) is 11.1 Å². The number of fused-ring (bicyclic) bond motifs is 1. The number of amides is 1. The van der Waals surface area contributed by atoms with Crippen molar-refractivity contribution < 1.29 is 27.8 Å². The highest BCUT2D eigenvalue weighted by Crippen LogP contribution is 2.26. The van der Waals surface area contributed by atoms with E-state index < -0.39 is 23.6 Å². The molecular weight excluding hydrogens is 344 g/mol. The fraction of sp³-hybridized carbons (Fsp3) is 0.211. The number of benzene rings is 2. The summed E-state index contributed by atoms with van der Waals surface area (Å²) in [5.41, 5.74) is 1.31. The second-order valence-corrected chi connectivity index (χ2v) is 5.74. The number of nitrogens with one attached hydrogen (secondary N) is 1. The maximum atomic E-state index is 13.3. The minimum absolute atomic E-state index is 0.0885. The highest BCUT2D eigenvalue weighted by atomic mass is 19.2. The van der Waals surface area contributed by atoms with Crippen LogP contribution in [0.15, 0.2) is 46.9 Å². The van der Waals surface area contributed by atoms with Crippen LogP contribution in [0.3, 0.4) is 0 Å². The van der Waals surface area contributed by atoms with E-state index in [4.69, 9.17) is 9.15 Å². The van der Waals surface area contributed by atoms with Crippen LogP contribution in [-0.2, 0) is 11.3 Å². The van der Waals surface area contributed by atoms with Crippen molar-refractivity contribution in [2.45, 2.75) is 12.7 Å². The summed E-state index contributed by atoms with van der Waals surface area (Å²) >= 11 is 0. The topological polar surface area (TPSA) is 71.7 Å². The minimum atomic E-state index is -1.19. The molecular formula is C19H17F2NO4. The van der Waals surface area contributed by atoms with Gasteiger partial charge in [-0.25, -0.2) is 8.78 Å². The van der Waals surface area contributed by atoms with E-state index in [9.17, 15) is 18.7 Å². The molecule has 0 aliphatic heterocycles. The molecule has 0 saturated heterocycles. The molecule has 0 aliphatic carbocycles. The molecule has 0 radical (unpaired) electrons. The summed E-state index contributed by atoms with van der Waals surface area (Å²) < 4.78 is 37.0. The predicted molar refractivity (Wildman–Crippen MR) is 90.6 cm³/mol. The van der Waals surface area contributed by atoms with Gasteiger partial charge in [-0.1, -0.05) is 24.3 Å². The quantitative estimate of drug-likeness (QED) is 0.707. The second kappa shape index (κ2) is 7.63. The lowest BCUT2D eigenvalue weighted by Crippen LogP contribution is -2.28. The summed E-state index contributed by atoms with van der Waals surface area (Å²) in [6, 6.07) is 10.2. The van der Waals surface area contributed by atoms with Crippen molar-refractivity contribution in [3.8, 4) is 0 Å². The van der Waals surface area contributed by atoms with Gasteiger partial charge in [0.25, 0.3) is 5.91 Å². The number of aliphatic hydroxyl groups is 1. The van der Waals surface area contributed by atoms with Crippen molar-refractivity contribution in [3.63, 3.8) is 0 Å². The Morgan fingerprint density at radius 3 is 2.73 bits per heavy atom. The van der Waals surface area contributed by atoms with Crippen LogP contribution in [0.1, 0.15) is 27.8 Å². The summed E-state index contributed by atoms with van der Waals surface area (Å²) in [5, 5.41) is 13.4. The molecule has 0 bridgehead atoms. The van der Waals surface area contributed by atoms with Crippen LogP contribution in [0.25, 0.3) is 11.0 Å². The van der Waals surface area contributed by atoms with E-state index in [1.165, 1.54) is 13.2 Å². The van der Waals surface area contributed by atoms with Crippen LogP contribution in [0.4, 0.5) is 8.78 Å². The molecule has 3 rings (SSSR count). The Morgan fingerprint density at radius 2 is 2.00 bits per heavy atom. The van der Waals surface area contributed by atoms with Gasteiger partial charge in [-0.2, -0.15) is 0 Å². The minimum Gasteiger partial charge on any atom is -0.451 e. The molecule has 26 heavy (non-hydrogen) atoms. The number of methoxy groups -OCH3 is 1. The van der Waals surface area contributed by atoms with Crippen molar-refractivity contribution in [3.05, 3.63) is 71.0 Å². The number of furan rings is 1. The molecule has 1 amide bonds. The summed E-state index contributed by atoms with van der Waals surface area (Å²) in [6.07, 6.45) is -1.19. The molecule has 7 heteroatoms. The van der Waals surface area contributed by atoms with Crippen molar-refractivity contribution in [1.29, 1.82) is 0 Å². The van der Waals surface area contributed by atoms with Crippen LogP contribution in [0, 0.1) is 11.6 Å². The number of carbonyl (C=O) groups is 1. The van der Waals surface area contributed by atoms with Crippen LogP contribution in [0.2, 0.25) is 0 Å². The van der Waals surface area contributed by atoms with Gasteiger partial charge in [0, 0.05) is 24.6 Å². The van der Waals surface area contributed by atoms with Crippen LogP contribution in [-0.4, -0.2) is 24.7 Å². The smallest absolute Gasteiger partial charge is 0.287 e. The summed E-state index contributed by atoms with van der Waals surface area (Å²) in [7, 11) is 1.51. The first kappa shape index (κ1) is 18.0. The maximum absolute atomic E-state index is 13.3. The van der Waals surface area contributed by atoms with Crippen molar-refractivity contribution in [2.24, 2.45) is 0 Å². The van der Waals surface area contributed by atoms with Gasteiger partial charge in [-0.05, 0) is 23.8 Å². The number of ether oxygens (including phenoxy) is 1. The third kappa shape index (κ3) is 3.58. The number of hydrogen-bond donors (Lipinski definition) is 2. The summed E-state index contributed by atoms with van der Waals surface area (Å²) in [4.78, 5) is 12.5. The Morgan fingerprint density at radius 1 is 1.23 bits per heavy atom. The van der Waals surface area contributed by atoms with Gasteiger partial charge in [0.15, 0.2) is 17.4 Å². The molecule has 2 aromatic carbocycles. The summed E-state index contributed by atoms with van der Waals surface area (Å²) in [5.74, 6) is -2.51. The van der Waals surface area contributed by atoms with Crippen LogP contribution in [0.5, 0.6) is 0 Å². The summed E-state index contributed by atoms with van der Waals surface area (Å²) in [6.45, 7) is -0.00112. The predicted octanol–water partition coefficient (Wildman–Crippen LogP) is 3.32. The first-order valence-corrected chi connectivity index (χ1v) is 7.91. The Hall–Kier alpha value is -2.77. The fourth-order valence-corrected chi connectivity index (χ4v) is 2.68. The van der Waals surface area contributed by atoms with Gasteiger partial charge in [0.05, 0.1) is 12.7 Å². The van der Waals surface area contributed by atoms with E-state index in [1.807, 2.05) is 12.1 Å². The van der Waals surface area contributed by atoms with Crippen LogP contribution < -0.4 is 5.32 Å². The molecule has 1 aromatic heterocycles. The van der Waals surface area contributed by atoms with Gasteiger partial charge in [0.1, 0.15) is 5.58 Å². The normalized spacial score (nSPS) is 12.3. The largest absolute Gasteiger partial charge is 0.451 e. The standard InChI is InChI=1S/C19H17F2NO4/c1-25-10-13-12-4-2-3-5-17(12)26-18(13)19(24)22-9-16(23)11-6-7-14(20)15(21)8-11/h2-8,16,23H,9-10H2,1H3,(H,22,24)/t16-/m1/s1. The Balaban J connectivity index is 1.76. The van der Waals surface area contributed by atoms with Crippen LogP contribution >= 0.6 is 0 Å². The molecule has 1 heterocycles. The van der Waals surface area contributed by atoms with Gasteiger partial charge >= 0.3 is 0 Å². The van der Waals surface area contributed by atoms with E-state index >= 15 is 0 Å². The van der Waals surface area contributed by atoms with Gasteiger partial charge in [-0.3, -0.25) is 4.79 Å². The van der Waals surface area contributed by atoms with E-state index in [0.717, 1.165) is 17.5 Å². The lowest BCUT2D eigenvalue weighted by atomic mass is 10.1. The van der Waals surface area contributed by atoms with Crippen molar-refractivity contribution in [1.82, 2.24) is 5.32 Å². The zero-order valence-corrected chi connectivity index (χ0v) is 14.0. The average Bonchev–Trinajstić information content (AvgIpc) is 3.01. The molecule has 2 N–H and O–H groups in total. The first-order valence-electron chi connectivity index (χ1n) is 7.91. The molecule has 136 valence electrons. The molecule has 0 unspecified atom stereocenters. The molecule has 0 fully saturated rings. The highest BCUT2D eigenvalue weighted by Gasteiger charge is 2.21. The zero-order valence-electron chi connectivity index (χ0n) is 14.0. The number of hydrogen-bond acceptors (Lipinski definition) is 4. The van der Waals surface area contributed by atoms with E-state index in [2.05, 4.69) is 5.32 Å². The first-order chi connectivity index (χ1) is 12.5. The molecule has 0 spiro atoms. The van der Waals surface area contributed by atoms with Crippen molar-refractivity contribution in [2.75, 3.05) is 13.7 Å². The van der Waals surface area contributed by atoms with Gasteiger partial charge in [-0.15, -0.1) is 0 Å². The van der Waals surface area contributed by atoms with Gasteiger partial charge in [0.2, 0.25) is 0 Å². The highest BCUT2D eigenvalue weighted by molar-refractivity contribution is 5.99. The lowest BCUT2D eigenvalue weighted by Gasteiger charge is -2.12. The molecule has 0 saturated carbocycles. The fourth-order valence-electron chi connectivity index (χ4n) is 2.68. The van der Waals surface area contributed by atoms with Gasteiger partial charge < -0.3 is 19.6 Å². The van der Waals surface area contributed by atoms with Crippen molar-refractivity contribution >= 4 is 16.9 Å². The SMILES string of the molecule is COCc1c(C(=O)NC[C@@H](O)c2ccc(F)c(F)c2)oc2ccccc12. The maximum Gasteiger partial charge on any atom is 0.287 e. The monoisotopic (exact) mass is 361 g/mol. The number of rotatable bonds is 6. The molecule has 5 nitrogen and oxygen atoms in total. The number of halogens is 2. The lowest BCUT2D eigenvalue weighted by molar-refractivity contribution is 0.0884. The Kier molecular flexibility index (Phi) is 5.29. The third-order valence-electron chi connectivity index (χ3n) is 3.98. The number of para-hydroxylation sites is 1. The van der Waals surface area contributed by atoms with E-state index in [1.54, 1.807) is 12.1 Å². The molecule has 3 aromatic rings. The Bertz CT molecular complexity index is 938.